The van der Waals surface area contributed by atoms with Gasteiger partial charge in [0.1, 0.15) is 5.69 Å². The molecule has 72 valence electrons. The predicted octanol–water partition coefficient (Wildman–Crippen LogP) is -0.855. The number of aromatic nitrogens is 2. The Morgan fingerprint density at radius 1 is 1.85 bits per heavy atom. The van der Waals surface area contributed by atoms with Gasteiger partial charge in [-0.1, -0.05) is 0 Å². The SMILES string of the molecule is CC(O)CNc1nc[nH]c(=O)c1N. The van der Waals surface area contributed by atoms with Gasteiger partial charge in [-0.05, 0) is 6.92 Å². The summed E-state index contributed by atoms with van der Waals surface area (Å²) in [6, 6.07) is 0. The van der Waals surface area contributed by atoms with Gasteiger partial charge in [-0.15, -0.1) is 0 Å². The van der Waals surface area contributed by atoms with Crippen molar-refractivity contribution < 1.29 is 5.11 Å². The molecule has 1 aromatic heterocycles. The van der Waals surface area contributed by atoms with Gasteiger partial charge in [0, 0.05) is 6.54 Å². The molecule has 6 nitrogen and oxygen atoms in total. The number of nitrogens with two attached hydrogens (primary N) is 1. The van der Waals surface area contributed by atoms with Gasteiger partial charge in [-0.3, -0.25) is 4.79 Å². The first-order chi connectivity index (χ1) is 6.11. The summed E-state index contributed by atoms with van der Waals surface area (Å²) in [4.78, 5) is 17.1. The summed E-state index contributed by atoms with van der Waals surface area (Å²) in [5, 5.41) is 11.7. The highest BCUT2D eigenvalue weighted by Gasteiger charge is 2.04. The van der Waals surface area contributed by atoms with Crippen LogP contribution in [-0.4, -0.2) is 27.7 Å². The molecule has 0 amide bonds. The van der Waals surface area contributed by atoms with Crippen LogP contribution >= 0.6 is 0 Å². The van der Waals surface area contributed by atoms with Gasteiger partial charge in [0.2, 0.25) is 0 Å². The van der Waals surface area contributed by atoms with Gasteiger partial charge in [-0.2, -0.15) is 0 Å². The lowest BCUT2D eigenvalue weighted by Crippen LogP contribution is -2.20. The van der Waals surface area contributed by atoms with Crippen LogP contribution in [0.2, 0.25) is 0 Å². The number of hydrogen-bond acceptors (Lipinski definition) is 5. The standard InChI is InChI=1S/C7H12N4O2/c1-4(12)2-9-6-5(8)7(13)11-3-10-6/h3-4,12H,2,8H2,1H3,(H2,9,10,11,13). The van der Waals surface area contributed by atoms with Crippen LogP contribution in [0.4, 0.5) is 11.5 Å². The number of aliphatic hydroxyl groups excluding tert-OH is 1. The summed E-state index contributed by atoms with van der Waals surface area (Å²) < 4.78 is 0. The Kier molecular flexibility index (Phi) is 2.86. The monoisotopic (exact) mass is 184 g/mol. The van der Waals surface area contributed by atoms with Gasteiger partial charge in [0.25, 0.3) is 5.56 Å². The predicted molar refractivity (Wildman–Crippen MR) is 49.4 cm³/mol. The molecular formula is C7H12N4O2. The van der Waals surface area contributed by atoms with E-state index in [1.54, 1.807) is 6.92 Å². The van der Waals surface area contributed by atoms with Crippen LogP contribution < -0.4 is 16.6 Å². The molecule has 0 spiro atoms. The molecule has 0 aromatic carbocycles. The Labute approximate surface area is 74.8 Å². The Morgan fingerprint density at radius 3 is 3.15 bits per heavy atom. The molecule has 0 aliphatic heterocycles. The van der Waals surface area contributed by atoms with Gasteiger partial charge < -0.3 is 21.1 Å². The number of aliphatic hydroxyl groups is 1. The molecule has 0 saturated heterocycles. The minimum atomic E-state index is -0.513. The van der Waals surface area contributed by atoms with Crippen LogP contribution in [0.1, 0.15) is 6.92 Å². The zero-order valence-corrected chi connectivity index (χ0v) is 7.24. The summed E-state index contributed by atoms with van der Waals surface area (Å²) in [5.74, 6) is 0.296. The quantitative estimate of drug-likeness (QED) is 0.489. The normalized spacial score (nSPS) is 12.5. The molecule has 0 aliphatic carbocycles. The molecule has 1 heterocycles. The van der Waals surface area contributed by atoms with Crippen LogP contribution in [0, 0.1) is 0 Å². The maximum atomic E-state index is 11.0. The molecular weight excluding hydrogens is 172 g/mol. The molecule has 6 heteroatoms. The fourth-order valence-electron chi connectivity index (χ4n) is 0.796. The third-order valence-corrected chi connectivity index (χ3v) is 1.45. The Morgan fingerprint density at radius 2 is 2.54 bits per heavy atom. The lowest BCUT2D eigenvalue weighted by atomic mass is 10.4. The number of nitrogens with zero attached hydrogens (tertiary/aromatic N) is 1. The van der Waals surface area contributed by atoms with E-state index in [9.17, 15) is 4.79 Å². The highest BCUT2D eigenvalue weighted by molar-refractivity contribution is 5.58. The number of aromatic amines is 1. The third kappa shape index (κ3) is 2.45. The number of nitrogen functional groups attached to an aromatic ring is 1. The number of nitrogens with one attached hydrogen (secondary N) is 2. The summed E-state index contributed by atoms with van der Waals surface area (Å²) in [6.45, 7) is 1.93. The van der Waals surface area contributed by atoms with Crippen LogP contribution in [0.15, 0.2) is 11.1 Å². The summed E-state index contributed by atoms with van der Waals surface area (Å²) in [6.07, 6.45) is 0.740. The molecule has 0 fully saturated rings. The lowest BCUT2D eigenvalue weighted by molar-refractivity contribution is 0.208. The first-order valence-electron chi connectivity index (χ1n) is 3.86. The minimum absolute atomic E-state index is 0.0307. The van der Waals surface area contributed by atoms with E-state index in [-0.39, 0.29) is 11.2 Å². The molecule has 1 aromatic rings. The van der Waals surface area contributed by atoms with Crippen LogP contribution in [-0.2, 0) is 0 Å². The van der Waals surface area contributed by atoms with Crippen molar-refractivity contribution in [3.63, 3.8) is 0 Å². The van der Waals surface area contributed by atoms with E-state index < -0.39 is 6.10 Å². The van der Waals surface area contributed by atoms with Gasteiger partial charge in [0.05, 0.1) is 12.4 Å². The van der Waals surface area contributed by atoms with Crippen molar-refractivity contribution in [2.45, 2.75) is 13.0 Å². The van der Waals surface area contributed by atoms with E-state index in [1.165, 1.54) is 6.33 Å². The highest BCUT2D eigenvalue weighted by Crippen LogP contribution is 2.06. The summed E-state index contributed by atoms with van der Waals surface area (Å²) in [7, 11) is 0. The van der Waals surface area contributed by atoms with E-state index in [0.29, 0.717) is 12.4 Å². The molecule has 13 heavy (non-hydrogen) atoms. The van der Waals surface area contributed by atoms with E-state index in [2.05, 4.69) is 15.3 Å². The van der Waals surface area contributed by atoms with Crippen LogP contribution in [0.25, 0.3) is 0 Å². The number of rotatable bonds is 3. The lowest BCUT2D eigenvalue weighted by Gasteiger charge is -2.08. The second kappa shape index (κ2) is 3.90. The minimum Gasteiger partial charge on any atom is -0.392 e. The van der Waals surface area contributed by atoms with Gasteiger partial charge in [-0.25, -0.2) is 4.98 Å². The maximum Gasteiger partial charge on any atom is 0.276 e. The van der Waals surface area contributed by atoms with E-state index in [1.807, 2.05) is 0 Å². The van der Waals surface area contributed by atoms with E-state index in [4.69, 9.17) is 10.8 Å². The molecule has 1 unspecified atom stereocenters. The van der Waals surface area contributed by atoms with Crippen molar-refractivity contribution in [3.05, 3.63) is 16.7 Å². The largest absolute Gasteiger partial charge is 0.392 e. The first kappa shape index (κ1) is 9.53. The second-order valence-corrected chi connectivity index (χ2v) is 2.72. The fraction of sp³-hybridized carbons (Fsp3) is 0.429. The molecule has 5 N–H and O–H groups in total. The van der Waals surface area contributed by atoms with Crippen molar-refractivity contribution in [3.8, 4) is 0 Å². The molecule has 0 bridgehead atoms. The number of H-pyrrole nitrogens is 1. The first-order valence-corrected chi connectivity index (χ1v) is 3.86. The van der Waals surface area contributed by atoms with Crippen molar-refractivity contribution in [1.29, 1.82) is 0 Å². The van der Waals surface area contributed by atoms with E-state index >= 15 is 0 Å². The number of anilines is 2. The van der Waals surface area contributed by atoms with Crippen LogP contribution in [0.3, 0.4) is 0 Å². The van der Waals surface area contributed by atoms with Crippen molar-refractivity contribution in [2.24, 2.45) is 0 Å². The summed E-state index contributed by atoms with van der Waals surface area (Å²) >= 11 is 0. The Hall–Kier alpha value is -1.56. The zero-order valence-electron chi connectivity index (χ0n) is 7.24. The second-order valence-electron chi connectivity index (χ2n) is 2.72. The average molecular weight is 184 g/mol. The molecule has 0 saturated carbocycles. The summed E-state index contributed by atoms with van der Waals surface area (Å²) in [5.41, 5.74) is 5.06. The highest BCUT2D eigenvalue weighted by atomic mass is 16.3. The smallest absolute Gasteiger partial charge is 0.276 e. The average Bonchev–Trinajstić information content (AvgIpc) is 2.07. The maximum absolute atomic E-state index is 11.0. The third-order valence-electron chi connectivity index (χ3n) is 1.45. The number of hydrogen-bond donors (Lipinski definition) is 4. The van der Waals surface area contributed by atoms with Crippen LogP contribution in [0.5, 0.6) is 0 Å². The molecule has 1 atom stereocenters. The fourth-order valence-corrected chi connectivity index (χ4v) is 0.796. The van der Waals surface area contributed by atoms with Crippen molar-refractivity contribution in [2.75, 3.05) is 17.6 Å². The Bertz CT molecular complexity index is 334. The Balaban J connectivity index is 2.77. The zero-order chi connectivity index (χ0) is 9.84. The molecule has 0 aliphatic rings. The van der Waals surface area contributed by atoms with E-state index in [0.717, 1.165) is 0 Å². The van der Waals surface area contributed by atoms with Crippen molar-refractivity contribution >= 4 is 11.5 Å². The van der Waals surface area contributed by atoms with Gasteiger partial charge >= 0.3 is 0 Å². The molecule has 1 rings (SSSR count). The van der Waals surface area contributed by atoms with Gasteiger partial charge in [0.15, 0.2) is 5.82 Å². The molecule has 0 radical (unpaired) electrons. The topological polar surface area (TPSA) is 104 Å². The van der Waals surface area contributed by atoms with Crippen molar-refractivity contribution in [1.82, 2.24) is 9.97 Å².